The van der Waals surface area contributed by atoms with Crippen LogP contribution in [0.5, 0.6) is 0 Å². The Labute approximate surface area is 277 Å². The Kier molecular flexibility index (Phi) is 12.2. The molecule has 5 rings (SSSR count). The minimum atomic E-state index is -1.23. The van der Waals surface area contributed by atoms with E-state index in [0.29, 0.717) is 0 Å². The van der Waals surface area contributed by atoms with Gasteiger partial charge in [0.25, 0.3) is 0 Å². The SMILES string of the molecule is CC(C)(C)OC(=O)N[C@H]1[C@H](O)[C@H](OCc2ccccc2)[C@@H](OCc2ccccc2)[C@H](OCc2ccccc2)[C@H]1OCc1ccccc1. The van der Waals surface area contributed by atoms with E-state index >= 15 is 0 Å². The highest BCUT2D eigenvalue weighted by Crippen LogP contribution is 2.33. The van der Waals surface area contributed by atoms with Gasteiger partial charge in [-0.2, -0.15) is 0 Å². The molecule has 0 heterocycles. The Bertz CT molecular complexity index is 1480. The molecule has 1 aliphatic carbocycles. The molecule has 8 heteroatoms. The van der Waals surface area contributed by atoms with Crippen LogP contribution in [0.3, 0.4) is 0 Å². The third kappa shape index (κ3) is 10.2. The number of carbonyl (C=O) groups excluding carboxylic acids is 1. The van der Waals surface area contributed by atoms with E-state index in [2.05, 4.69) is 5.32 Å². The molecule has 6 atom stereocenters. The zero-order valence-corrected chi connectivity index (χ0v) is 27.2. The summed E-state index contributed by atoms with van der Waals surface area (Å²) in [7, 11) is 0. The Morgan fingerprint density at radius 3 is 1.23 bits per heavy atom. The normalized spacial score (nSPS) is 22.8. The summed E-state index contributed by atoms with van der Waals surface area (Å²) < 4.78 is 32.0. The van der Waals surface area contributed by atoms with E-state index in [4.69, 9.17) is 23.7 Å². The highest BCUT2D eigenvalue weighted by Gasteiger charge is 2.54. The van der Waals surface area contributed by atoms with Crippen LogP contribution < -0.4 is 5.32 Å². The maximum absolute atomic E-state index is 13.2. The molecular weight excluding hydrogens is 594 g/mol. The lowest BCUT2D eigenvalue weighted by molar-refractivity contribution is -0.250. The van der Waals surface area contributed by atoms with Crippen LogP contribution in [0.1, 0.15) is 43.0 Å². The molecular formula is C39H45NO7. The molecule has 4 aromatic carbocycles. The fraction of sp³-hybridized carbons (Fsp3) is 0.359. The lowest BCUT2D eigenvalue weighted by atomic mass is 9.82. The van der Waals surface area contributed by atoms with Gasteiger partial charge in [-0.15, -0.1) is 0 Å². The number of aliphatic hydroxyl groups excluding tert-OH is 1. The standard InChI is InChI=1S/C39H45NO7/c1-39(2,3)47-38(42)40-32-33(41)35(44-25-29-18-10-5-11-19-29)37(46-27-31-22-14-7-15-23-31)36(45-26-30-20-12-6-13-21-30)34(32)43-24-28-16-8-4-9-17-28/h4-23,32-37,41H,24-27H2,1-3H3,(H,40,42)/t32-,33-,34-,35-,36+,37+/m0/s1. The molecule has 1 fully saturated rings. The van der Waals surface area contributed by atoms with Crippen molar-refractivity contribution in [3.05, 3.63) is 144 Å². The van der Waals surface area contributed by atoms with E-state index in [0.717, 1.165) is 22.3 Å². The van der Waals surface area contributed by atoms with Gasteiger partial charge in [0, 0.05) is 0 Å². The van der Waals surface area contributed by atoms with Gasteiger partial charge in [-0.3, -0.25) is 0 Å². The summed E-state index contributed by atoms with van der Waals surface area (Å²) in [4.78, 5) is 13.2. The number of ether oxygens (including phenoxy) is 5. The number of alkyl carbamates (subject to hydrolysis) is 1. The maximum atomic E-state index is 13.2. The predicted octanol–water partition coefficient (Wildman–Crippen LogP) is 6.60. The molecule has 2 N–H and O–H groups in total. The number of carbonyl (C=O) groups is 1. The average Bonchev–Trinajstić information content (AvgIpc) is 3.07. The van der Waals surface area contributed by atoms with Crippen molar-refractivity contribution in [3.63, 3.8) is 0 Å². The van der Waals surface area contributed by atoms with Crippen LogP contribution in [0, 0.1) is 0 Å². The Morgan fingerprint density at radius 2 is 0.872 bits per heavy atom. The number of amides is 1. The first kappa shape index (κ1) is 34.3. The Hall–Kier alpha value is -4.05. The van der Waals surface area contributed by atoms with Gasteiger partial charge in [0.2, 0.25) is 0 Å². The van der Waals surface area contributed by atoms with Crippen molar-refractivity contribution < 1.29 is 33.6 Å². The molecule has 1 amide bonds. The lowest BCUT2D eigenvalue weighted by Gasteiger charge is -2.48. The molecule has 1 saturated carbocycles. The van der Waals surface area contributed by atoms with E-state index in [1.165, 1.54) is 0 Å². The number of rotatable bonds is 13. The summed E-state index contributed by atoms with van der Waals surface area (Å²) in [5.41, 5.74) is 3.03. The quantitative estimate of drug-likeness (QED) is 0.170. The fourth-order valence-corrected chi connectivity index (χ4v) is 5.62. The van der Waals surface area contributed by atoms with Gasteiger partial charge in [0.15, 0.2) is 0 Å². The largest absolute Gasteiger partial charge is 0.444 e. The van der Waals surface area contributed by atoms with Crippen LogP contribution in [0.25, 0.3) is 0 Å². The van der Waals surface area contributed by atoms with Gasteiger partial charge in [0.05, 0.1) is 32.5 Å². The third-order valence-electron chi connectivity index (χ3n) is 7.85. The lowest BCUT2D eigenvalue weighted by Crippen LogP contribution is -2.70. The smallest absolute Gasteiger partial charge is 0.408 e. The first-order valence-electron chi connectivity index (χ1n) is 16.1. The summed E-state index contributed by atoms with van der Waals surface area (Å²) in [6.07, 6.45) is -5.16. The van der Waals surface area contributed by atoms with Crippen molar-refractivity contribution >= 4 is 6.09 Å². The van der Waals surface area contributed by atoms with Gasteiger partial charge >= 0.3 is 6.09 Å². The Balaban J connectivity index is 1.51. The summed E-state index contributed by atoms with van der Waals surface area (Å²) in [5.74, 6) is 0. The Morgan fingerprint density at radius 1 is 0.553 bits per heavy atom. The van der Waals surface area contributed by atoms with Gasteiger partial charge in [-0.25, -0.2) is 4.79 Å². The molecule has 0 radical (unpaired) electrons. The molecule has 248 valence electrons. The summed E-state index contributed by atoms with van der Waals surface area (Å²) in [6.45, 7) is 6.31. The van der Waals surface area contributed by atoms with Crippen molar-refractivity contribution in [1.82, 2.24) is 5.32 Å². The molecule has 0 saturated heterocycles. The van der Waals surface area contributed by atoms with E-state index in [1.807, 2.05) is 121 Å². The minimum Gasteiger partial charge on any atom is -0.444 e. The van der Waals surface area contributed by atoms with Gasteiger partial charge in [-0.05, 0) is 43.0 Å². The molecule has 8 nitrogen and oxygen atoms in total. The van der Waals surface area contributed by atoms with E-state index < -0.39 is 48.3 Å². The van der Waals surface area contributed by atoms with Gasteiger partial charge in [0.1, 0.15) is 36.1 Å². The summed E-state index contributed by atoms with van der Waals surface area (Å²) in [5, 5.41) is 15.0. The van der Waals surface area contributed by atoms with E-state index in [1.54, 1.807) is 20.8 Å². The van der Waals surface area contributed by atoms with Gasteiger partial charge < -0.3 is 34.1 Å². The summed E-state index contributed by atoms with van der Waals surface area (Å²) >= 11 is 0. The van der Waals surface area contributed by atoms with Crippen molar-refractivity contribution in [2.75, 3.05) is 0 Å². The molecule has 4 aromatic rings. The molecule has 0 aliphatic heterocycles. The fourth-order valence-electron chi connectivity index (χ4n) is 5.62. The van der Waals surface area contributed by atoms with Gasteiger partial charge in [-0.1, -0.05) is 121 Å². The van der Waals surface area contributed by atoms with E-state index in [9.17, 15) is 9.90 Å². The maximum Gasteiger partial charge on any atom is 0.408 e. The molecule has 47 heavy (non-hydrogen) atoms. The van der Waals surface area contributed by atoms with Crippen molar-refractivity contribution in [3.8, 4) is 0 Å². The van der Waals surface area contributed by atoms with Crippen LogP contribution in [-0.2, 0) is 50.1 Å². The molecule has 0 unspecified atom stereocenters. The highest BCUT2D eigenvalue weighted by atomic mass is 16.6. The van der Waals surface area contributed by atoms with Crippen molar-refractivity contribution in [1.29, 1.82) is 0 Å². The molecule has 1 aliphatic rings. The first-order valence-corrected chi connectivity index (χ1v) is 16.1. The highest BCUT2D eigenvalue weighted by molar-refractivity contribution is 5.68. The van der Waals surface area contributed by atoms with Crippen LogP contribution in [0.4, 0.5) is 4.79 Å². The molecule has 0 spiro atoms. The summed E-state index contributed by atoms with van der Waals surface area (Å²) in [6, 6.07) is 38.2. The van der Waals surface area contributed by atoms with Crippen molar-refractivity contribution in [2.24, 2.45) is 0 Å². The van der Waals surface area contributed by atoms with Crippen molar-refractivity contribution in [2.45, 2.75) is 89.4 Å². The zero-order valence-electron chi connectivity index (χ0n) is 27.2. The minimum absolute atomic E-state index is 0.216. The number of hydrogen-bond acceptors (Lipinski definition) is 7. The number of hydrogen-bond donors (Lipinski definition) is 2. The monoisotopic (exact) mass is 639 g/mol. The number of aliphatic hydroxyl groups is 1. The second-order valence-electron chi connectivity index (χ2n) is 12.7. The van der Waals surface area contributed by atoms with Crippen LogP contribution in [-0.4, -0.2) is 53.4 Å². The topological polar surface area (TPSA) is 95.5 Å². The third-order valence-corrected chi connectivity index (χ3v) is 7.85. The van der Waals surface area contributed by atoms with Crippen LogP contribution in [0.15, 0.2) is 121 Å². The second kappa shape index (κ2) is 16.7. The molecule has 0 aromatic heterocycles. The van der Waals surface area contributed by atoms with Crippen LogP contribution >= 0.6 is 0 Å². The first-order chi connectivity index (χ1) is 22.8. The molecule has 0 bridgehead atoms. The average molecular weight is 640 g/mol. The predicted molar refractivity (Wildman–Crippen MR) is 179 cm³/mol. The second-order valence-corrected chi connectivity index (χ2v) is 12.7. The van der Waals surface area contributed by atoms with E-state index in [-0.39, 0.29) is 26.4 Å². The zero-order chi connectivity index (χ0) is 33.1. The number of nitrogens with one attached hydrogen (secondary N) is 1. The van der Waals surface area contributed by atoms with Crippen LogP contribution in [0.2, 0.25) is 0 Å². The number of benzene rings is 4.